The van der Waals surface area contributed by atoms with Crippen molar-refractivity contribution in [2.45, 2.75) is 19.3 Å². The standard InChI is InChI=1S/C16H15BrN2/c17-13-9-10-14-15(11-13)19-16(18-14)8-4-7-12-5-2-1-3-6-12/h1-3,5-6,9-11H,4,7-8H2,(H,18,19). The Bertz CT molecular complexity index is 674. The lowest BCUT2D eigenvalue weighted by atomic mass is 10.1. The second-order valence-corrected chi connectivity index (χ2v) is 5.60. The molecule has 1 heterocycles. The third-order valence-corrected chi connectivity index (χ3v) is 3.71. The van der Waals surface area contributed by atoms with Crippen molar-refractivity contribution in [3.63, 3.8) is 0 Å². The van der Waals surface area contributed by atoms with Gasteiger partial charge in [-0.1, -0.05) is 46.3 Å². The number of fused-ring (bicyclic) bond motifs is 1. The molecule has 3 aromatic rings. The van der Waals surface area contributed by atoms with Crippen LogP contribution < -0.4 is 0 Å². The van der Waals surface area contributed by atoms with Gasteiger partial charge in [0.05, 0.1) is 11.0 Å². The van der Waals surface area contributed by atoms with Gasteiger partial charge >= 0.3 is 0 Å². The summed E-state index contributed by atoms with van der Waals surface area (Å²) in [5, 5.41) is 0. The van der Waals surface area contributed by atoms with E-state index in [1.807, 2.05) is 12.1 Å². The molecule has 2 nitrogen and oxygen atoms in total. The van der Waals surface area contributed by atoms with E-state index in [4.69, 9.17) is 0 Å². The molecule has 1 aromatic heterocycles. The van der Waals surface area contributed by atoms with Crippen LogP contribution in [-0.2, 0) is 12.8 Å². The first-order chi connectivity index (χ1) is 9.31. The van der Waals surface area contributed by atoms with Gasteiger partial charge in [0, 0.05) is 10.9 Å². The number of aromatic amines is 1. The third-order valence-electron chi connectivity index (χ3n) is 3.21. The fourth-order valence-electron chi connectivity index (χ4n) is 2.26. The highest BCUT2D eigenvalue weighted by Crippen LogP contribution is 2.18. The number of aryl methyl sites for hydroxylation is 2. The summed E-state index contributed by atoms with van der Waals surface area (Å²) < 4.78 is 1.08. The number of imidazole rings is 1. The minimum Gasteiger partial charge on any atom is -0.342 e. The summed E-state index contributed by atoms with van der Waals surface area (Å²) >= 11 is 3.48. The number of hydrogen-bond donors (Lipinski definition) is 1. The van der Waals surface area contributed by atoms with Crippen LogP contribution in [0, 0.1) is 0 Å². The Kier molecular flexibility index (Phi) is 3.65. The molecule has 0 fully saturated rings. The topological polar surface area (TPSA) is 28.7 Å². The Hall–Kier alpha value is -1.61. The summed E-state index contributed by atoms with van der Waals surface area (Å²) in [7, 11) is 0. The lowest BCUT2D eigenvalue weighted by molar-refractivity contribution is 0.786. The molecule has 0 spiro atoms. The van der Waals surface area contributed by atoms with E-state index in [9.17, 15) is 0 Å². The highest BCUT2D eigenvalue weighted by Gasteiger charge is 2.03. The Morgan fingerprint density at radius 1 is 1.00 bits per heavy atom. The van der Waals surface area contributed by atoms with Gasteiger partial charge in [-0.15, -0.1) is 0 Å². The van der Waals surface area contributed by atoms with Crippen LogP contribution in [0.25, 0.3) is 11.0 Å². The van der Waals surface area contributed by atoms with Crippen molar-refractivity contribution in [3.8, 4) is 0 Å². The molecule has 0 aliphatic heterocycles. The first-order valence-corrected chi connectivity index (χ1v) is 7.29. The Balaban J connectivity index is 1.65. The van der Waals surface area contributed by atoms with E-state index in [1.165, 1.54) is 5.56 Å². The van der Waals surface area contributed by atoms with Crippen molar-refractivity contribution < 1.29 is 0 Å². The highest BCUT2D eigenvalue weighted by atomic mass is 79.9. The monoisotopic (exact) mass is 314 g/mol. The van der Waals surface area contributed by atoms with Crippen LogP contribution in [0.3, 0.4) is 0 Å². The minimum atomic E-state index is 0.987. The van der Waals surface area contributed by atoms with Gasteiger partial charge in [0.1, 0.15) is 5.82 Å². The maximum atomic E-state index is 4.61. The van der Waals surface area contributed by atoms with Crippen LogP contribution in [0.5, 0.6) is 0 Å². The molecule has 0 aliphatic rings. The molecule has 0 unspecified atom stereocenters. The zero-order chi connectivity index (χ0) is 13.1. The lowest BCUT2D eigenvalue weighted by Gasteiger charge is -1.99. The third kappa shape index (κ3) is 3.04. The molecule has 1 N–H and O–H groups in total. The molecule has 0 radical (unpaired) electrons. The molecule has 0 aliphatic carbocycles. The first-order valence-electron chi connectivity index (χ1n) is 6.49. The molecule has 0 saturated carbocycles. The summed E-state index contributed by atoms with van der Waals surface area (Å²) in [6.45, 7) is 0. The number of nitrogens with zero attached hydrogens (tertiary/aromatic N) is 1. The van der Waals surface area contributed by atoms with Crippen molar-refractivity contribution in [3.05, 3.63) is 64.4 Å². The quantitative estimate of drug-likeness (QED) is 0.754. The highest BCUT2D eigenvalue weighted by molar-refractivity contribution is 9.10. The maximum Gasteiger partial charge on any atom is 0.107 e. The van der Waals surface area contributed by atoms with Crippen molar-refractivity contribution in [2.75, 3.05) is 0 Å². The molecular weight excluding hydrogens is 300 g/mol. The van der Waals surface area contributed by atoms with Crippen LogP contribution in [0.4, 0.5) is 0 Å². The smallest absolute Gasteiger partial charge is 0.107 e. The number of rotatable bonds is 4. The summed E-state index contributed by atoms with van der Waals surface area (Å²) in [6, 6.07) is 16.7. The average Bonchev–Trinajstić information content (AvgIpc) is 2.82. The van der Waals surface area contributed by atoms with E-state index in [0.29, 0.717) is 0 Å². The van der Waals surface area contributed by atoms with Crippen LogP contribution >= 0.6 is 15.9 Å². The summed E-state index contributed by atoms with van der Waals surface area (Å²) in [5.41, 5.74) is 3.53. The zero-order valence-corrected chi connectivity index (χ0v) is 12.2. The second kappa shape index (κ2) is 5.57. The molecule has 3 rings (SSSR count). The van der Waals surface area contributed by atoms with E-state index in [1.54, 1.807) is 0 Å². The Morgan fingerprint density at radius 3 is 2.68 bits per heavy atom. The molecule has 3 heteroatoms. The number of hydrogen-bond acceptors (Lipinski definition) is 1. The molecule has 0 bridgehead atoms. The van der Waals surface area contributed by atoms with Gasteiger partial charge < -0.3 is 4.98 Å². The van der Waals surface area contributed by atoms with Gasteiger partial charge in [0.2, 0.25) is 0 Å². The number of nitrogens with one attached hydrogen (secondary N) is 1. The fourth-order valence-corrected chi connectivity index (χ4v) is 2.62. The zero-order valence-electron chi connectivity index (χ0n) is 10.6. The molecular formula is C16H15BrN2. The van der Waals surface area contributed by atoms with Crippen LogP contribution in [-0.4, -0.2) is 9.97 Å². The van der Waals surface area contributed by atoms with Gasteiger partial charge in [-0.25, -0.2) is 4.98 Å². The normalized spacial score (nSPS) is 11.0. The molecule has 0 saturated heterocycles. The predicted octanol–water partition coefficient (Wildman–Crippen LogP) is 4.50. The summed E-state index contributed by atoms with van der Waals surface area (Å²) in [5.74, 6) is 1.07. The Labute approximate surface area is 121 Å². The van der Waals surface area contributed by atoms with Crippen molar-refractivity contribution in [2.24, 2.45) is 0 Å². The van der Waals surface area contributed by atoms with Gasteiger partial charge in [-0.05, 0) is 36.6 Å². The van der Waals surface area contributed by atoms with E-state index < -0.39 is 0 Å². The molecule has 96 valence electrons. The average molecular weight is 315 g/mol. The van der Waals surface area contributed by atoms with Gasteiger partial charge in [-0.2, -0.15) is 0 Å². The van der Waals surface area contributed by atoms with Crippen LogP contribution in [0.1, 0.15) is 17.8 Å². The number of aromatic nitrogens is 2. The number of halogens is 1. The van der Waals surface area contributed by atoms with E-state index >= 15 is 0 Å². The molecule has 0 atom stereocenters. The summed E-state index contributed by atoms with van der Waals surface area (Å²) in [6.07, 6.45) is 3.20. The fraction of sp³-hybridized carbons (Fsp3) is 0.188. The van der Waals surface area contributed by atoms with Crippen molar-refractivity contribution >= 4 is 27.0 Å². The summed E-state index contributed by atoms with van der Waals surface area (Å²) in [4.78, 5) is 7.99. The maximum absolute atomic E-state index is 4.61. The predicted molar refractivity (Wildman–Crippen MR) is 82.3 cm³/mol. The Morgan fingerprint density at radius 2 is 1.84 bits per heavy atom. The van der Waals surface area contributed by atoms with Crippen molar-refractivity contribution in [1.82, 2.24) is 9.97 Å². The SMILES string of the molecule is Brc1ccc2nc(CCCc3ccccc3)[nH]c2c1. The lowest BCUT2D eigenvalue weighted by Crippen LogP contribution is -1.91. The van der Waals surface area contributed by atoms with Gasteiger partial charge in [0.15, 0.2) is 0 Å². The second-order valence-electron chi connectivity index (χ2n) is 4.68. The minimum absolute atomic E-state index is 0.987. The van der Waals surface area contributed by atoms with E-state index in [-0.39, 0.29) is 0 Å². The number of H-pyrrole nitrogens is 1. The molecule has 19 heavy (non-hydrogen) atoms. The van der Waals surface area contributed by atoms with Gasteiger partial charge in [0.25, 0.3) is 0 Å². The number of benzene rings is 2. The van der Waals surface area contributed by atoms with E-state index in [0.717, 1.165) is 40.6 Å². The van der Waals surface area contributed by atoms with E-state index in [2.05, 4.69) is 62.3 Å². The molecule has 0 amide bonds. The van der Waals surface area contributed by atoms with Crippen LogP contribution in [0.2, 0.25) is 0 Å². The van der Waals surface area contributed by atoms with Gasteiger partial charge in [-0.3, -0.25) is 0 Å². The van der Waals surface area contributed by atoms with Crippen molar-refractivity contribution in [1.29, 1.82) is 0 Å². The van der Waals surface area contributed by atoms with Crippen LogP contribution in [0.15, 0.2) is 53.0 Å². The molecule has 2 aromatic carbocycles. The first kappa shape index (κ1) is 12.4. The largest absolute Gasteiger partial charge is 0.342 e.